The Balaban J connectivity index is 1.27. The summed E-state index contributed by atoms with van der Waals surface area (Å²) in [6.07, 6.45) is 17.8. The van der Waals surface area contributed by atoms with Gasteiger partial charge in [0, 0.05) is 32.7 Å². The van der Waals surface area contributed by atoms with Gasteiger partial charge in [-0.3, -0.25) is 14.4 Å². The molecule has 0 spiro atoms. The molecule has 12 nitrogen and oxygen atoms in total. The van der Waals surface area contributed by atoms with Crippen molar-refractivity contribution in [2.75, 3.05) is 26.4 Å². The molecular weight excluding hydrogens is 1150 g/mol. The molecule has 0 saturated carbocycles. The molecule has 0 aliphatic rings. The van der Waals surface area contributed by atoms with E-state index < -0.39 is 36.1 Å². The number of carbonyl (C=O) groups is 6. The van der Waals surface area contributed by atoms with Crippen LogP contribution < -0.4 is 0 Å². The molecule has 410 valence electrons. The van der Waals surface area contributed by atoms with Crippen molar-refractivity contribution in [3.8, 4) is 0 Å². The van der Waals surface area contributed by atoms with Crippen molar-refractivity contribution in [2.45, 2.75) is 167 Å². The van der Waals surface area contributed by atoms with Crippen molar-refractivity contribution in [1.82, 2.24) is 0 Å². The summed E-state index contributed by atoms with van der Waals surface area (Å²) in [5.74, 6) is -2.55. The van der Waals surface area contributed by atoms with E-state index >= 15 is 0 Å². The van der Waals surface area contributed by atoms with E-state index in [1.165, 1.54) is 0 Å². The number of esters is 6. The summed E-state index contributed by atoms with van der Waals surface area (Å²) >= 11 is 10.2. The van der Waals surface area contributed by atoms with Crippen LogP contribution in [0.2, 0.25) is 0 Å². The molecule has 0 amide bonds. The van der Waals surface area contributed by atoms with Gasteiger partial charge in [0.15, 0.2) is 0 Å². The smallest absolute Gasteiger partial charge is 0.338 e. The third-order valence-electron chi connectivity index (χ3n) is 12.2. The Kier molecular flexibility index (Phi) is 33.9. The Morgan fingerprint density at radius 3 is 0.880 bits per heavy atom. The molecular formula is C60H77Br3O12. The highest BCUT2D eigenvalue weighted by atomic mass is 79.9. The summed E-state index contributed by atoms with van der Waals surface area (Å²) in [5, 5.41) is 0. The number of ether oxygens (including phenoxy) is 6. The van der Waals surface area contributed by atoms with Gasteiger partial charge in [-0.05, 0) is 91.6 Å². The van der Waals surface area contributed by atoms with E-state index in [0.29, 0.717) is 55.8 Å². The molecule has 0 radical (unpaired) electrons. The zero-order valence-electron chi connectivity index (χ0n) is 43.7. The van der Waals surface area contributed by atoms with Crippen molar-refractivity contribution >= 4 is 100 Å². The maximum Gasteiger partial charge on any atom is 0.338 e. The molecule has 0 aliphatic carbocycles. The Labute approximate surface area is 470 Å². The molecule has 15 heteroatoms. The van der Waals surface area contributed by atoms with Crippen molar-refractivity contribution in [2.24, 2.45) is 0 Å². The Morgan fingerprint density at radius 2 is 0.587 bits per heavy atom. The lowest BCUT2D eigenvalue weighted by atomic mass is 10.1. The van der Waals surface area contributed by atoms with Gasteiger partial charge < -0.3 is 28.4 Å². The molecule has 0 saturated heterocycles. The minimum Gasteiger partial charge on any atom is -0.465 e. The van der Waals surface area contributed by atoms with E-state index in [1.54, 1.807) is 0 Å². The van der Waals surface area contributed by atoms with E-state index in [-0.39, 0.29) is 38.3 Å². The summed E-state index contributed by atoms with van der Waals surface area (Å²) < 4.78 is 35.6. The van der Waals surface area contributed by atoms with Crippen LogP contribution in [0.25, 0.3) is 16.7 Å². The SMILES string of the molecule is C=C(C(=O)OCCCCCCCCCC(=O)OCCC(OC(=O)CCCCCCCCCOC(=O)C(=C)c1ccc(Br)cc1)OC(=O)CCCCCCCCCOC(=O)C(=C)c1ccc(Br)cc1)c1ccc(Br)cc1. The Bertz CT molecular complexity index is 2120. The largest absolute Gasteiger partial charge is 0.465 e. The summed E-state index contributed by atoms with van der Waals surface area (Å²) in [6, 6.07) is 22.0. The maximum atomic E-state index is 12.9. The second kappa shape index (κ2) is 39.5. The molecule has 0 fully saturated rings. The molecule has 3 aromatic rings. The van der Waals surface area contributed by atoms with E-state index in [2.05, 4.69) is 67.5 Å². The van der Waals surface area contributed by atoms with Crippen LogP contribution in [-0.2, 0) is 57.2 Å². The summed E-state index contributed by atoms with van der Waals surface area (Å²) in [6.45, 7) is 12.5. The zero-order chi connectivity index (χ0) is 54.5. The first kappa shape index (κ1) is 64.4. The second-order valence-electron chi connectivity index (χ2n) is 18.5. The number of hydrogen-bond acceptors (Lipinski definition) is 12. The lowest BCUT2D eigenvalue weighted by Crippen LogP contribution is -2.26. The molecule has 0 N–H and O–H groups in total. The number of unbranched alkanes of at least 4 members (excludes halogenated alkanes) is 18. The minimum atomic E-state index is -1.16. The van der Waals surface area contributed by atoms with E-state index in [0.717, 1.165) is 146 Å². The van der Waals surface area contributed by atoms with Crippen LogP contribution in [0.15, 0.2) is 106 Å². The first-order valence-corrected chi connectivity index (χ1v) is 29.0. The van der Waals surface area contributed by atoms with Gasteiger partial charge in [-0.25, -0.2) is 14.4 Å². The molecule has 0 heterocycles. The van der Waals surface area contributed by atoms with Gasteiger partial charge in [0.05, 0.1) is 49.6 Å². The van der Waals surface area contributed by atoms with E-state index in [9.17, 15) is 28.8 Å². The highest BCUT2D eigenvalue weighted by molar-refractivity contribution is 9.11. The van der Waals surface area contributed by atoms with E-state index in [4.69, 9.17) is 28.4 Å². The predicted molar refractivity (Wildman–Crippen MR) is 305 cm³/mol. The fraction of sp³-hybridized carbons (Fsp3) is 0.500. The van der Waals surface area contributed by atoms with Crippen LogP contribution in [0.4, 0.5) is 0 Å². The third kappa shape index (κ3) is 29.9. The fourth-order valence-corrected chi connectivity index (χ4v) is 8.52. The molecule has 0 aliphatic heterocycles. The summed E-state index contributed by atoms with van der Waals surface area (Å²) in [5.41, 5.74) is 3.18. The van der Waals surface area contributed by atoms with Crippen LogP contribution in [0.3, 0.4) is 0 Å². The monoisotopic (exact) mass is 1230 g/mol. The summed E-state index contributed by atoms with van der Waals surface area (Å²) in [7, 11) is 0. The third-order valence-corrected chi connectivity index (χ3v) is 13.8. The highest BCUT2D eigenvalue weighted by Crippen LogP contribution is 2.22. The second-order valence-corrected chi connectivity index (χ2v) is 21.2. The maximum absolute atomic E-state index is 12.9. The van der Waals surface area contributed by atoms with Crippen molar-refractivity contribution in [3.05, 3.63) is 123 Å². The van der Waals surface area contributed by atoms with Gasteiger partial charge in [0.25, 0.3) is 6.29 Å². The standard InChI is InChI=1S/C60H77Br3O12/c1-45(48-28-34-51(61)35-29-48)58(67)71-41-22-16-10-4-7-13-19-25-54(64)70-44-40-57(74-55(65)26-20-14-8-5-11-17-23-42-72-59(68)46(2)49-30-36-52(62)37-31-49)75-56(66)27-21-15-9-6-12-18-24-43-73-60(69)47(3)50-32-38-53(63)39-33-50/h28-39,57H,1-27,40-44H2. The van der Waals surface area contributed by atoms with Gasteiger partial charge >= 0.3 is 35.8 Å². The molecule has 0 aromatic heterocycles. The van der Waals surface area contributed by atoms with Crippen LogP contribution in [0.5, 0.6) is 0 Å². The van der Waals surface area contributed by atoms with Gasteiger partial charge in [-0.2, -0.15) is 0 Å². The van der Waals surface area contributed by atoms with Gasteiger partial charge in [0.1, 0.15) is 0 Å². The Morgan fingerprint density at radius 1 is 0.333 bits per heavy atom. The lowest BCUT2D eigenvalue weighted by molar-refractivity contribution is -0.191. The first-order valence-electron chi connectivity index (χ1n) is 26.6. The normalized spacial score (nSPS) is 10.9. The van der Waals surface area contributed by atoms with Gasteiger partial charge in [-0.1, -0.05) is 200 Å². The number of carbonyl (C=O) groups excluding carboxylic acids is 6. The molecule has 3 aromatic carbocycles. The molecule has 0 bridgehead atoms. The van der Waals surface area contributed by atoms with Crippen molar-refractivity contribution in [3.63, 3.8) is 0 Å². The fourth-order valence-electron chi connectivity index (χ4n) is 7.72. The van der Waals surface area contributed by atoms with Crippen LogP contribution in [-0.4, -0.2) is 68.5 Å². The van der Waals surface area contributed by atoms with E-state index in [1.807, 2.05) is 72.8 Å². The number of halogens is 3. The van der Waals surface area contributed by atoms with Crippen LogP contribution in [0.1, 0.15) is 177 Å². The molecule has 0 unspecified atom stereocenters. The topological polar surface area (TPSA) is 158 Å². The quantitative estimate of drug-likeness (QED) is 0.0174. The molecule has 75 heavy (non-hydrogen) atoms. The van der Waals surface area contributed by atoms with Crippen molar-refractivity contribution in [1.29, 1.82) is 0 Å². The highest BCUT2D eigenvalue weighted by Gasteiger charge is 2.20. The molecule has 3 rings (SSSR count). The van der Waals surface area contributed by atoms with Crippen molar-refractivity contribution < 1.29 is 57.2 Å². The Hall–Kier alpha value is -4.86. The van der Waals surface area contributed by atoms with Crippen LogP contribution in [0, 0.1) is 0 Å². The first-order chi connectivity index (χ1) is 36.2. The predicted octanol–water partition coefficient (Wildman–Crippen LogP) is 15.8. The van der Waals surface area contributed by atoms with Crippen LogP contribution >= 0.6 is 47.8 Å². The minimum absolute atomic E-state index is 0.0399. The number of benzene rings is 3. The number of hydrogen-bond donors (Lipinski definition) is 0. The average molecular weight is 1230 g/mol. The summed E-state index contributed by atoms with van der Waals surface area (Å²) in [4.78, 5) is 75.4. The van der Waals surface area contributed by atoms with Gasteiger partial charge in [-0.15, -0.1) is 0 Å². The zero-order valence-corrected chi connectivity index (χ0v) is 48.4. The molecule has 0 atom stereocenters. The van der Waals surface area contributed by atoms with Gasteiger partial charge in [0.2, 0.25) is 0 Å². The average Bonchev–Trinajstić information content (AvgIpc) is 3.39. The lowest BCUT2D eigenvalue weighted by Gasteiger charge is -2.18. The number of rotatable bonds is 41.